The van der Waals surface area contributed by atoms with Crippen molar-refractivity contribution in [2.75, 3.05) is 0 Å². The van der Waals surface area contributed by atoms with Gasteiger partial charge in [0.1, 0.15) is 6.04 Å². The standard InChI is InChI=1S/C13H19N3O2/c17-13(18)10-5-12-11(6-14-10)15-8-16(12)7-9-3-1-2-4-9/h8-10,14H,1-7H2,(H,17,18). The number of imidazole rings is 1. The largest absolute Gasteiger partial charge is 0.480 e. The quantitative estimate of drug-likeness (QED) is 0.844. The number of hydrogen-bond donors (Lipinski definition) is 2. The van der Waals surface area contributed by atoms with E-state index in [0.29, 0.717) is 13.0 Å². The lowest BCUT2D eigenvalue weighted by molar-refractivity contribution is -0.139. The molecule has 0 bridgehead atoms. The van der Waals surface area contributed by atoms with Gasteiger partial charge in [0.25, 0.3) is 0 Å². The normalized spacial score (nSPS) is 24.1. The zero-order valence-electron chi connectivity index (χ0n) is 10.4. The first-order chi connectivity index (χ1) is 8.74. The number of nitrogens with zero attached hydrogens (tertiary/aromatic N) is 2. The van der Waals surface area contributed by atoms with Crippen LogP contribution in [-0.2, 0) is 24.3 Å². The van der Waals surface area contributed by atoms with E-state index in [1.165, 1.54) is 25.7 Å². The van der Waals surface area contributed by atoms with Crippen molar-refractivity contribution in [2.24, 2.45) is 5.92 Å². The summed E-state index contributed by atoms with van der Waals surface area (Å²) in [5.74, 6) is -0.0178. The molecule has 2 N–H and O–H groups in total. The molecule has 2 heterocycles. The van der Waals surface area contributed by atoms with Crippen LogP contribution in [-0.4, -0.2) is 26.7 Å². The highest BCUT2D eigenvalue weighted by atomic mass is 16.4. The van der Waals surface area contributed by atoms with Gasteiger partial charge in [-0.3, -0.25) is 10.1 Å². The molecule has 1 fully saturated rings. The Labute approximate surface area is 106 Å². The lowest BCUT2D eigenvalue weighted by atomic mass is 10.0. The van der Waals surface area contributed by atoms with Gasteiger partial charge in [-0.05, 0) is 18.8 Å². The molecule has 1 unspecified atom stereocenters. The van der Waals surface area contributed by atoms with Gasteiger partial charge in [0, 0.05) is 25.2 Å². The molecule has 1 saturated carbocycles. The predicted molar refractivity (Wildman–Crippen MR) is 66.2 cm³/mol. The first-order valence-electron chi connectivity index (χ1n) is 6.73. The summed E-state index contributed by atoms with van der Waals surface area (Å²) in [6, 6.07) is -0.462. The molecule has 0 amide bonds. The van der Waals surface area contributed by atoms with Gasteiger partial charge in [0.15, 0.2) is 0 Å². The van der Waals surface area contributed by atoms with E-state index in [2.05, 4.69) is 14.9 Å². The number of nitrogens with one attached hydrogen (secondary N) is 1. The van der Waals surface area contributed by atoms with Crippen LogP contribution in [0.2, 0.25) is 0 Å². The summed E-state index contributed by atoms with van der Waals surface area (Å²) >= 11 is 0. The number of fused-ring (bicyclic) bond motifs is 1. The molecule has 18 heavy (non-hydrogen) atoms. The lowest BCUT2D eigenvalue weighted by Gasteiger charge is -2.22. The number of carboxylic acid groups (broad SMARTS) is 1. The molecule has 0 spiro atoms. The van der Waals surface area contributed by atoms with Crippen LogP contribution in [0.1, 0.15) is 37.1 Å². The second-order valence-electron chi connectivity index (χ2n) is 5.42. The van der Waals surface area contributed by atoms with Gasteiger partial charge in [-0.2, -0.15) is 0 Å². The van der Waals surface area contributed by atoms with Crippen LogP contribution >= 0.6 is 0 Å². The average Bonchev–Trinajstić information content (AvgIpc) is 2.99. The maximum absolute atomic E-state index is 11.0. The second kappa shape index (κ2) is 4.72. The van der Waals surface area contributed by atoms with Crippen molar-refractivity contribution in [2.45, 2.75) is 51.2 Å². The number of hydrogen-bond acceptors (Lipinski definition) is 3. The zero-order chi connectivity index (χ0) is 12.5. The molecule has 0 radical (unpaired) electrons. The van der Waals surface area contributed by atoms with Crippen LogP contribution in [0.4, 0.5) is 0 Å². The minimum Gasteiger partial charge on any atom is -0.480 e. The minimum absolute atomic E-state index is 0.462. The summed E-state index contributed by atoms with van der Waals surface area (Å²) in [4.78, 5) is 15.4. The zero-order valence-corrected chi connectivity index (χ0v) is 10.4. The fourth-order valence-electron chi connectivity index (χ4n) is 3.12. The van der Waals surface area contributed by atoms with E-state index in [4.69, 9.17) is 5.11 Å². The van der Waals surface area contributed by atoms with Crippen LogP contribution in [0.5, 0.6) is 0 Å². The highest BCUT2D eigenvalue weighted by Crippen LogP contribution is 2.27. The molecule has 0 saturated heterocycles. The molecule has 1 atom stereocenters. The Balaban J connectivity index is 1.76. The fourth-order valence-corrected chi connectivity index (χ4v) is 3.12. The van der Waals surface area contributed by atoms with Crippen LogP contribution in [0, 0.1) is 5.92 Å². The third-order valence-corrected chi connectivity index (χ3v) is 4.17. The Hall–Kier alpha value is -1.36. The molecule has 1 aromatic heterocycles. The maximum atomic E-state index is 11.0. The van der Waals surface area contributed by atoms with E-state index in [9.17, 15) is 4.79 Å². The Morgan fingerprint density at radius 1 is 1.50 bits per heavy atom. The number of aliphatic carboxylic acids is 1. The molecule has 2 aliphatic rings. The molecule has 0 aromatic carbocycles. The SMILES string of the molecule is O=C(O)C1Cc2c(ncn2CC2CCCC2)CN1. The molecule has 5 nitrogen and oxygen atoms in total. The van der Waals surface area contributed by atoms with Gasteiger partial charge in [0.2, 0.25) is 0 Å². The molecule has 98 valence electrons. The van der Waals surface area contributed by atoms with Gasteiger partial charge in [-0.25, -0.2) is 4.98 Å². The van der Waals surface area contributed by atoms with Crippen LogP contribution in [0.3, 0.4) is 0 Å². The number of carboxylic acids is 1. The Kier molecular flexibility index (Phi) is 3.07. The van der Waals surface area contributed by atoms with E-state index in [-0.39, 0.29) is 0 Å². The van der Waals surface area contributed by atoms with Gasteiger partial charge in [-0.15, -0.1) is 0 Å². The predicted octanol–water partition coefficient (Wildman–Crippen LogP) is 1.17. The van der Waals surface area contributed by atoms with Crippen molar-refractivity contribution in [3.63, 3.8) is 0 Å². The van der Waals surface area contributed by atoms with Gasteiger partial charge >= 0.3 is 5.97 Å². The molecule has 5 heteroatoms. The summed E-state index contributed by atoms with van der Waals surface area (Å²) in [7, 11) is 0. The van der Waals surface area contributed by atoms with E-state index in [0.717, 1.165) is 23.9 Å². The summed E-state index contributed by atoms with van der Waals surface area (Å²) in [5.41, 5.74) is 2.14. The number of rotatable bonds is 3. The van der Waals surface area contributed by atoms with Crippen molar-refractivity contribution >= 4 is 5.97 Å². The molecule has 1 aliphatic carbocycles. The third kappa shape index (κ3) is 2.14. The fraction of sp³-hybridized carbons (Fsp3) is 0.692. The smallest absolute Gasteiger partial charge is 0.321 e. The Bertz CT molecular complexity index is 449. The van der Waals surface area contributed by atoms with Crippen molar-refractivity contribution in [3.8, 4) is 0 Å². The lowest BCUT2D eigenvalue weighted by Crippen LogP contribution is -2.42. The van der Waals surface area contributed by atoms with Gasteiger partial charge < -0.3 is 9.67 Å². The first-order valence-corrected chi connectivity index (χ1v) is 6.73. The summed E-state index contributed by atoms with van der Waals surface area (Å²) in [6.07, 6.45) is 7.70. The molecule has 1 aliphatic heterocycles. The molecular formula is C13H19N3O2. The highest BCUT2D eigenvalue weighted by molar-refractivity contribution is 5.74. The number of aromatic nitrogens is 2. The topological polar surface area (TPSA) is 67.1 Å². The van der Waals surface area contributed by atoms with E-state index < -0.39 is 12.0 Å². The van der Waals surface area contributed by atoms with E-state index in [1.807, 2.05) is 6.33 Å². The minimum atomic E-state index is -0.769. The Morgan fingerprint density at radius 2 is 2.28 bits per heavy atom. The average molecular weight is 249 g/mol. The molecular weight excluding hydrogens is 230 g/mol. The van der Waals surface area contributed by atoms with Crippen LogP contribution in [0.25, 0.3) is 0 Å². The highest BCUT2D eigenvalue weighted by Gasteiger charge is 2.27. The van der Waals surface area contributed by atoms with Crippen molar-refractivity contribution in [1.82, 2.24) is 14.9 Å². The Morgan fingerprint density at radius 3 is 3.00 bits per heavy atom. The third-order valence-electron chi connectivity index (χ3n) is 4.17. The summed E-state index contributed by atoms with van der Waals surface area (Å²) in [6.45, 7) is 1.58. The molecule has 3 rings (SSSR count). The maximum Gasteiger partial charge on any atom is 0.321 e. The molecule has 1 aromatic rings. The van der Waals surface area contributed by atoms with Gasteiger partial charge in [-0.1, -0.05) is 12.8 Å². The van der Waals surface area contributed by atoms with Crippen LogP contribution < -0.4 is 5.32 Å². The van der Waals surface area contributed by atoms with E-state index in [1.54, 1.807) is 0 Å². The van der Waals surface area contributed by atoms with E-state index >= 15 is 0 Å². The van der Waals surface area contributed by atoms with Crippen molar-refractivity contribution in [3.05, 3.63) is 17.7 Å². The monoisotopic (exact) mass is 249 g/mol. The van der Waals surface area contributed by atoms with Crippen molar-refractivity contribution < 1.29 is 9.90 Å². The summed E-state index contributed by atoms with van der Waals surface area (Å²) < 4.78 is 2.18. The van der Waals surface area contributed by atoms with Gasteiger partial charge in [0.05, 0.1) is 12.0 Å². The van der Waals surface area contributed by atoms with Crippen LogP contribution in [0.15, 0.2) is 6.33 Å². The summed E-state index contributed by atoms with van der Waals surface area (Å²) in [5, 5.41) is 12.1. The van der Waals surface area contributed by atoms with Crippen molar-refractivity contribution in [1.29, 1.82) is 0 Å². The first kappa shape index (κ1) is 11.7. The second-order valence-corrected chi connectivity index (χ2v) is 5.42. The number of carbonyl (C=O) groups is 1.